The smallest absolute Gasteiger partial charge is 0.465 e. The van der Waals surface area contributed by atoms with Crippen LogP contribution in [0.15, 0.2) is 28.6 Å². The second-order valence-corrected chi connectivity index (χ2v) is 9.38. The number of hydrogen-bond donors (Lipinski definition) is 2. The molecule has 3 aromatic rings. The van der Waals surface area contributed by atoms with Gasteiger partial charge in [0.15, 0.2) is 10.1 Å². The molecular weight excluding hydrogens is 481 g/mol. The van der Waals surface area contributed by atoms with E-state index in [1.54, 1.807) is 20.8 Å². The molecule has 176 valence electrons. The summed E-state index contributed by atoms with van der Waals surface area (Å²) in [5.74, 6) is -1.06. The van der Waals surface area contributed by atoms with Gasteiger partial charge in [0.2, 0.25) is 5.13 Å². The van der Waals surface area contributed by atoms with Gasteiger partial charge in [-0.05, 0) is 50.6 Å². The van der Waals surface area contributed by atoms with E-state index >= 15 is 0 Å². The van der Waals surface area contributed by atoms with Crippen molar-refractivity contribution in [2.45, 2.75) is 36.7 Å². The number of benzene rings is 1. The molecule has 0 spiro atoms. The van der Waals surface area contributed by atoms with Crippen LogP contribution in [-0.2, 0) is 4.74 Å². The number of aromatic nitrogens is 3. The van der Waals surface area contributed by atoms with Crippen LogP contribution in [0.4, 0.5) is 24.0 Å². The number of ketones is 1. The van der Waals surface area contributed by atoms with Gasteiger partial charge < -0.3 is 19.8 Å². The zero-order chi connectivity index (χ0) is 24.3. The van der Waals surface area contributed by atoms with Crippen molar-refractivity contribution < 1.29 is 32.2 Å². The number of methoxy groups -OCH3 is 1. The van der Waals surface area contributed by atoms with Gasteiger partial charge in [-0.1, -0.05) is 23.1 Å². The van der Waals surface area contributed by atoms with Crippen molar-refractivity contribution in [3.05, 3.63) is 46.8 Å². The molecule has 8 nitrogen and oxygen atoms in total. The summed E-state index contributed by atoms with van der Waals surface area (Å²) in [5, 5.41) is 10.9. The normalized spacial score (nSPS) is 12.3. The Kier molecular flexibility index (Phi) is 7.32. The number of aryl methyl sites for hydroxylation is 1. The number of nitrogens with zero attached hydrogens (tertiary/aromatic N) is 2. The van der Waals surface area contributed by atoms with Crippen molar-refractivity contribution in [2.75, 3.05) is 12.4 Å². The number of anilines is 2. The maximum Gasteiger partial charge on any atom is 0.573 e. The van der Waals surface area contributed by atoms with E-state index in [1.807, 2.05) is 0 Å². The lowest BCUT2D eigenvalue weighted by molar-refractivity contribution is -0.274. The van der Waals surface area contributed by atoms with Crippen LogP contribution in [0, 0.1) is 13.8 Å². The molecule has 0 aliphatic rings. The lowest BCUT2D eigenvalue weighted by atomic mass is 10.1. The summed E-state index contributed by atoms with van der Waals surface area (Å²) in [6, 6.07) is 5.18. The summed E-state index contributed by atoms with van der Waals surface area (Å²) >= 11 is 2.38. The molecule has 0 saturated heterocycles. The highest BCUT2D eigenvalue weighted by Gasteiger charge is 2.31. The molecule has 3 rings (SSSR count). The minimum atomic E-state index is -4.76. The van der Waals surface area contributed by atoms with Gasteiger partial charge in [-0.25, -0.2) is 4.79 Å². The first-order valence-electron chi connectivity index (χ1n) is 9.43. The Balaban J connectivity index is 1.64. The number of alkyl halides is 3. The number of halogens is 3. The quantitative estimate of drug-likeness (QED) is 0.245. The fraction of sp³-hybridized carbons (Fsp3) is 0.300. The lowest BCUT2D eigenvalue weighted by Crippen LogP contribution is -2.16. The molecule has 0 saturated carbocycles. The Morgan fingerprint density at radius 2 is 1.85 bits per heavy atom. The summed E-state index contributed by atoms with van der Waals surface area (Å²) in [6.45, 7) is 5.09. The van der Waals surface area contributed by atoms with Crippen molar-refractivity contribution in [1.82, 2.24) is 15.2 Å². The van der Waals surface area contributed by atoms with Crippen molar-refractivity contribution in [2.24, 2.45) is 0 Å². The highest BCUT2D eigenvalue weighted by atomic mass is 32.2. The molecule has 33 heavy (non-hydrogen) atoms. The molecule has 13 heteroatoms. The second-order valence-electron chi connectivity index (χ2n) is 6.81. The molecular formula is C20H19F3N4O4S2. The SMILES string of the molecule is COC(=O)c1c(C)[nH]c(C(=O)[C@@H](C)Sc2nnc(Nc3ccc(OC(F)(F)F)cc3)s2)c1C. The van der Waals surface area contributed by atoms with Gasteiger partial charge in [-0.3, -0.25) is 4.79 Å². The van der Waals surface area contributed by atoms with E-state index in [4.69, 9.17) is 4.74 Å². The van der Waals surface area contributed by atoms with Gasteiger partial charge in [0, 0.05) is 11.4 Å². The summed E-state index contributed by atoms with van der Waals surface area (Å²) in [6.07, 6.45) is -4.76. The number of nitrogens with one attached hydrogen (secondary N) is 2. The Labute approximate surface area is 194 Å². The van der Waals surface area contributed by atoms with E-state index in [1.165, 1.54) is 54.5 Å². The van der Waals surface area contributed by atoms with E-state index in [9.17, 15) is 22.8 Å². The van der Waals surface area contributed by atoms with Crippen LogP contribution >= 0.6 is 23.1 Å². The third-order valence-electron chi connectivity index (χ3n) is 4.47. The number of thioether (sulfide) groups is 1. The van der Waals surface area contributed by atoms with E-state index in [-0.39, 0.29) is 11.5 Å². The average Bonchev–Trinajstić information content (AvgIpc) is 3.30. The molecule has 0 fully saturated rings. The Morgan fingerprint density at radius 3 is 2.45 bits per heavy atom. The third-order valence-corrected chi connectivity index (χ3v) is 6.49. The van der Waals surface area contributed by atoms with Gasteiger partial charge in [-0.2, -0.15) is 0 Å². The summed E-state index contributed by atoms with van der Waals surface area (Å²) in [4.78, 5) is 27.8. The first-order chi connectivity index (χ1) is 15.5. The highest BCUT2D eigenvalue weighted by molar-refractivity contribution is 8.02. The maximum absolute atomic E-state index is 12.9. The van der Waals surface area contributed by atoms with Crippen molar-refractivity contribution in [3.63, 3.8) is 0 Å². The van der Waals surface area contributed by atoms with Gasteiger partial charge in [0.1, 0.15) is 5.75 Å². The minimum Gasteiger partial charge on any atom is -0.465 e. The van der Waals surface area contributed by atoms with Gasteiger partial charge in [0.25, 0.3) is 0 Å². The molecule has 1 atom stereocenters. The first kappa shape index (κ1) is 24.6. The van der Waals surface area contributed by atoms with Gasteiger partial charge in [-0.15, -0.1) is 23.4 Å². The first-order valence-corrected chi connectivity index (χ1v) is 11.1. The van der Waals surface area contributed by atoms with E-state index in [2.05, 4.69) is 25.2 Å². The highest BCUT2D eigenvalue weighted by Crippen LogP contribution is 2.33. The molecule has 2 N–H and O–H groups in total. The summed E-state index contributed by atoms with van der Waals surface area (Å²) in [5.41, 5.74) is 2.24. The van der Waals surface area contributed by atoms with Crippen molar-refractivity contribution in [1.29, 1.82) is 0 Å². The Bertz CT molecular complexity index is 1160. The molecule has 1 aromatic carbocycles. The summed E-state index contributed by atoms with van der Waals surface area (Å²) < 4.78 is 45.9. The number of ether oxygens (including phenoxy) is 2. The number of carbonyl (C=O) groups is 2. The fourth-order valence-electron chi connectivity index (χ4n) is 2.98. The second kappa shape index (κ2) is 9.83. The minimum absolute atomic E-state index is 0.208. The Morgan fingerprint density at radius 1 is 1.18 bits per heavy atom. The van der Waals surface area contributed by atoms with Crippen molar-refractivity contribution in [3.8, 4) is 5.75 Å². The van der Waals surface area contributed by atoms with Crippen LogP contribution in [0.2, 0.25) is 0 Å². The molecule has 0 radical (unpaired) electrons. The predicted octanol–water partition coefficient (Wildman–Crippen LogP) is 5.28. The topological polar surface area (TPSA) is 106 Å². The standard InChI is InChI=1S/C20H19F3N4O4S2/c1-9-14(17(29)30-4)10(2)24-15(9)16(28)11(3)32-19-27-26-18(33-19)25-12-5-7-13(8-6-12)31-20(21,22)23/h5-8,11,24H,1-4H3,(H,25,26)/t11-/m1/s1. The largest absolute Gasteiger partial charge is 0.573 e. The number of carbonyl (C=O) groups excluding carboxylic acids is 2. The number of hydrogen-bond acceptors (Lipinski definition) is 9. The predicted molar refractivity (Wildman–Crippen MR) is 118 cm³/mol. The van der Waals surface area contributed by atoms with Crippen LogP contribution in [-0.4, -0.2) is 45.7 Å². The van der Waals surface area contributed by atoms with E-state index < -0.39 is 17.6 Å². The average molecular weight is 501 g/mol. The zero-order valence-corrected chi connectivity index (χ0v) is 19.5. The lowest BCUT2D eigenvalue weighted by Gasteiger charge is -2.09. The Hall–Kier alpha value is -3.06. The number of esters is 1. The van der Waals surface area contributed by atoms with Crippen LogP contribution in [0.25, 0.3) is 0 Å². The monoisotopic (exact) mass is 500 g/mol. The molecule has 0 unspecified atom stereocenters. The van der Waals surface area contributed by atoms with Crippen LogP contribution in [0.5, 0.6) is 5.75 Å². The zero-order valence-electron chi connectivity index (χ0n) is 17.9. The van der Waals surface area contributed by atoms with Gasteiger partial charge >= 0.3 is 12.3 Å². The number of aromatic amines is 1. The number of rotatable bonds is 8. The number of H-pyrrole nitrogens is 1. The van der Waals surface area contributed by atoms with Crippen LogP contribution < -0.4 is 10.1 Å². The van der Waals surface area contributed by atoms with Crippen molar-refractivity contribution >= 4 is 45.7 Å². The van der Waals surface area contributed by atoms with Crippen LogP contribution in [0.1, 0.15) is 39.0 Å². The van der Waals surface area contributed by atoms with E-state index in [0.717, 1.165) is 0 Å². The molecule has 2 aromatic heterocycles. The molecule has 0 bridgehead atoms. The van der Waals surface area contributed by atoms with Gasteiger partial charge in [0.05, 0.1) is 23.6 Å². The maximum atomic E-state index is 12.9. The number of Topliss-reactive ketones (excluding diaryl/α,β-unsaturated/α-hetero) is 1. The van der Waals surface area contributed by atoms with Crippen LogP contribution in [0.3, 0.4) is 0 Å². The third kappa shape index (κ3) is 6.05. The molecule has 0 amide bonds. The molecule has 0 aliphatic carbocycles. The van der Waals surface area contributed by atoms with E-state index in [0.29, 0.717) is 37.7 Å². The molecule has 0 aliphatic heterocycles. The molecule has 2 heterocycles. The summed E-state index contributed by atoms with van der Waals surface area (Å²) in [7, 11) is 1.28. The fourth-order valence-corrected chi connectivity index (χ4v) is 4.96.